The molecule has 3 rings (SSSR count). The van der Waals surface area contributed by atoms with Gasteiger partial charge in [0.15, 0.2) is 6.61 Å². The predicted octanol–water partition coefficient (Wildman–Crippen LogP) is 5.15. The highest BCUT2D eigenvalue weighted by molar-refractivity contribution is 6.30. The van der Waals surface area contributed by atoms with E-state index < -0.39 is 6.04 Å². The molecule has 0 saturated heterocycles. The van der Waals surface area contributed by atoms with Gasteiger partial charge in [-0.15, -0.1) is 0 Å². The van der Waals surface area contributed by atoms with Gasteiger partial charge >= 0.3 is 0 Å². The van der Waals surface area contributed by atoms with E-state index in [0.29, 0.717) is 28.8 Å². The Balaban J connectivity index is 1.88. The van der Waals surface area contributed by atoms with Crippen LogP contribution < -0.4 is 10.1 Å². The van der Waals surface area contributed by atoms with E-state index in [4.69, 9.17) is 27.9 Å². The highest BCUT2D eigenvalue weighted by atomic mass is 35.5. The van der Waals surface area contributed by atoms with Crippen LogP contribution in [0.5, 0.6) is 5.75 Å². The van der Waals surface area contributed by atoms with E-state index in [0.717, 1.165) is 11.1 Å². The number of carbonyl (C=O) groups is 2. The molecule has 0 spiro atoms. The zero-order chi connectivity index (χ0) is 23.6. The lowest BCUT2D eigenvalue weighted by atomic mass is 10.0. The van der Waals surface area contributed by atoms with E-state index in [1.54, 1.807) is 41.3 Å². The quantitative estimate of drug-likeness (QED) is 0.432. The molecule has 0 aliphatic heterocycles. The molecular formula is C26H26Cl2N2O3. The molecule has 0 bridgehead atoms. The van der Waals surface area contributed by atoms with E-state index in [2.05, 4.69) is 5.32 Å². The van der Waals surface area contributed by atoms with Gasteiger partial charge < -0.3 is 15.0 Å². The molecule has 172 valence electrons. The molecule has 3 aromatic carbocycles. The SMILES string of the molecule is CCNC(=O)[C@@H](Cc1ccccc1)N(Cc1ccc(Cl)cc1)C(=O)COc1cccc(Cl)c1. The van der Waals surface area contributed by atoms with Crippen LogP contribution in [0.15, 0.2) is 78.9 Å². The van der Waals surface area contributed by atoms with Gasteiger partial charge in [-0.05, 0) is 48.4 Å². The van der Waals surface area contributed by atoms with Crippen LogP contribution in [0.25, 0.3) is 0 Å². The second-order valence-electron chi connectivity index (χ2n) is 7.49. The van der Waals surface area contributed by atoms with Crippen molar-refractivity contribution in [3.05, 3.63) is 100 Å². The number of carbonyl (C=O) groups excluding carboxylic acids is 2. The molecule has 0 aliphatic carbocycles. The van der Waals surface area contributed by atoms with E-state index in [1.165, 1.54) is 0 Å². The summed E-state index contributed by atoms with van der Waals surface area (Å²) in [6.07, 6.45) is 0.378. The number of benzene rings is 3. The Morgan fingerprint density at radius 1 is 0.909 bits per heavy atom. The topological polar surface area (TPSA) is 58.6 Å². The molecule has 33 heavy (non-hydrogen) atoms. The van der Waals surface area contributed by atoms with Crippen molar-refractivity contribution in [2.24, 2.45) is 0 Å². The third kappa shape index (κ3) is 7.52. The summed E-state index contributed by atoms with van der Waals surface area (Å²) in [4.78, 5) is 28.0. The van der Waals surface area contributed by atoms with Gasteiger partial charge in [-0.3, -0.25) is 9.59 Å². The van der Waals surface area contributed by atoms with Crippen LogP contribution in [0.2, 0.25) is 10.0 Å². The Morgan fingerprint density at radius 2 is 1.64 bits per heavy atom. The van der Waals surface area contributed by atoms with Gasteiger partial charge in [0.1, 0.15) is 11.8 Å². The maximum atomic E-state index is 13.4. The molecule has 1 atom stereocenters. The number of hydrogen-bond acceptors (Lipinski definition) is 3. The van der Waals surface area contributed by atoms with E-state index in [9.17, 15) is 9.59 Å². The zero-order valence-electron chi connectivity index (χ0n) is 18.3. The first kappa shape index (κ1) is 24.6. The van der Waals surface area contributed by atoms with Crippen molar-refractivity contribution in [3.63, 3.8) is 0 Å². The molecule has 0 saturated carbocycles. The lowest BCUT2D eigenvalue weighted by Gasteiger charge is -2.31. The van der Waals surface area contributed by atoms with Crippen molar-refractivity contribution in [1.82, 2.24) is 10.2 Å². The molecule has 0 aliphatic rings. The van der Waals surface area contributed by atoms with Gasteiger partial charge in [0.2, 0.25) is 5.91 Å². The Morgan fingerprint density at radius 3 is 2.30 bits per heavy atom. The summed E-state index contributed by atoms with van der Waals surface area (Å²) in [7, 11) is 0. The van der Waals surface area contributed by atoms with Crippen LogP contribution in [-0.4, -0.2) is 35.9 Å². The highest BCUT2D eigenvalue weighted by Gasteiger charge is 2.30. The highest BCUT2D eigenvalue weighted by Crippen LogP contribution is 2.19. The fraction of sp³-hybridized carbons (Fsp3) is 0.231. The molecule has 0 fully saturated rings. The molecular weight excluding hydrogens is 459 g/mol. The molecule has 0 unspecified atom stereocenters. The van der Waals surface area contributed by atoms with Crippen molar-refractivity contribution in [3.8, 4) is 5.75 Å². The van der Waals surface area contributed by atoms with Gasteiger partial charge in [-0.1, -0.05) is 71.7 Å². The monoisotopic (exact) mass is 484 g/mol. The molecule has 1 N–H and O–H groups in total. The predicted molar refractivity (Wildman–Crippen MR) is 132 cm³/mol. The van der Waals surface area contributed by atoms with Crippen molar-refractivity contribution in [1.29, 1.82) is 0 Å². The van der Waals surface area contributed by atoms with Crippen LogP contribution in [0, 0.1) is 0 Å². The number of halogens is 2. The average Bonchev–Trinajstić information content (AvgIpc) is 2.82. The number of rotatable bonds is 10. The normalized spacial score (nSPS) is 11.5. The van der Waals surface area contributed by atoms with Crippen LogP contribution in [-0.2, 0) is 22.6 Å². The molecule has 0 heterocycles. The number of likely N-dealkylation sites (N-methyl/N-ethyl adjacent to an activating group) is 1. The van der Waals surface area contributed by atoms with Gasteiger partial charge in [0.25, 0.3) is 5.91 Å². The summed E-state index contributed by atoms with van der Waals surface area (Å²) in [5.41, 5.74) is 1.82. The summed E-state index contributed by atoms with van der Waals surface area (Å²) in [6, 6.07) is 23.0. The Kier molecular flexibility index (Phi) is 9.16. The second kappa shape index (κ2) is 12.3. The molecule has 0 aromatic heterocycles. The molecule has 0 radical (unpaired) electrons. The third-order valence-electron chi connectivity index (χ3n) is 5.05. The first-order valence-corrected chi connectivity index (χ1v) is 11.5. The standard InChI is InChI=1S/C26H26Cl2N2O3/c1-2-29-26(32)24(15-19-7-4-3-5-8-19)30(17-20-11-13-21(27)14-12-20)25(31)18-33-23-10-6-9-22(28)16-23/h3-14,16,24H,2,15,17-18H2,1H3,(H,29,32)/t24-/m1/s1. The number of nitrogens with one attached hydrogen (secondary N) is 1. The van der Waals surface area contributed by atoms with E-state index in [1.807, 2.05) is 49.4 Å². The van der Waals surface area contributed by atoms with Gasteiger partial charge in [-0.25, -0.2) is 0 Å². The second-order valence-corrected chi connectivity index (χ2v) is 8.37. The molecule has 7 heteroatoms. The fourth-order valence-corrected chi connectivity index (χ4v) is 3.72. The van der Waals surface area contributed by atoms with E-state index in [-0.39, 0.29) is 25.0 Å². The molecule has 5 nitrogen and oxygen atoms in total. The Hall–Kier alpha value is -3.02. The van der Waals surface area contributed by atoms with Crippen LogP contribution in [0.1, 0.15) is 18.1 Å². The zero-order valence-corrected chi connectivity index (χ0v) is 19.9. The lowest BCUT2D eigenvalue weighted by Crippen LogP contribution is -2.51. The van der Waals surface area contributed by atoms with Crippen LogP contribution in [0.4, 0.5) is 0 Å². The number of ether oxygens (including phenoxy) is 1. The summed E-state index contributed by atoms with van der Waals surface area (Å²) >= 11 is 12.0. The smallest absolute Gasteiger partial charge is 0.261 e. The van der Waals surface area contributed by atoms with Gasteiger partial charge in [0.05, 0.1) is 0 Å². The fourth-order valence-electron chi connectivity index (χ4n) is 3.42. The molecule has 2 amide bonds. The van der Waals surface area contributed by atoms with Crippen LogP contribution in [0.3, 0.4) is 0 Å². The first-order chi connectivity index (χ1) is 16.0. The third-order valence-corrected chi connectivity index (χ3v) is 5.53. The lowest BCUT2D eigenvalue weighted by molar-refractivity contribution is -0.142. The van der Waals surface area contributed by atoms with E-state index >= 15 is 0 Å². The number of hydrogen-bond donors (Lipinski definition) is 1. The average molecular weight is 485 g/mol. The van der Waals surface area contributed by atoms with Crippen molar-refractivity contribution in [2.75, 3.05) is 13.2 Å². The van der Waals surface area contributed by atoms with Crippen molar-refractivity contribution in [2.45, 2.75) is 25.9 Å². The minimum atomic E-state index is -0.710. The first-order valence-electron chi connectivity index (χ1n) is 10.7. The minimum Gasteiger partial charge on any atom is -0.484 e. The summed E-state index contributed by atoms with van der Waals surface area (Å²) in [5.74, 6) is -0.0385. The number of amides is 2. The largest absolute Gasteiger partial charge is 0.484 e. The molecule has 3 aromatic rings. The minimum absolute atomic E-state index is 0.216. The van der Waals surface area contributed by atoms with Gasteiger partial charge in [0, 0.05) is 29.6 Å². The summed E-state index contributed by atoms with van der Waals surface area (Å²) in [5, 5.41) is 3.98. The van der Waals surface area contributed by atoms with Gasteiger partial charge in [-0.2, -0.15) is 0 Å². The maximum absolute atomic E-state index is 13.4. The number of nitrogens with zero attached hydrogens (tertiary/aromatic N) is 1. The van der Waals surface area contributed by atoms with Crippen molar-refractivity contribution < 1.29 is 14.3 Å². The summed E-state index contributed by atoms with van der Waals surface area (Å²) in [6.45, 7) is 2.33. The van der Waals surface area contributed by atoms with Crippen molar-refractivity contribution >= 4 is 35.0 Å². The maximum Gasteiger partial charge on any atom is 0.261 e. The Labute approximate surface area is 204 Å². The summed E-state index contributed by atoms with van der Waals surface area (Å²) < 4.78 is 5.70. The Bertz CT molecular complexity index is 1060. The van der Waals surface area contributed by atoms with Crippen LogP contribution >= 0.6 is 23.2 Å².